The third kappa shape index (κ3) is 4.90. The average molecular weight is 293 g/mol. The number of methoxy groups -OCH3 is 1. The number of nitrogens with one attached hydrogen (secondary N) is 1. The van der Waals surface area contributed by atoms with Crippen molar-refractivity contribution >= 4 is 5.69 Å². The first-order valence-corrected chi connectivity index (χ1v) is 7.85. The third-order valence-corrected chi connectivity index (χ3v) is 4.31. The van der Waals surface area contributed by atoms with Gasteiger partial charge in [-0.3, -0.25) is 0 Å². The van der Waals surface area contributed by atoms with Crippen molar-refractivity contribution in [2.75, 3.05) is 38.8 Å². The van der Waals surface area contributed by atoms with Crippen LogP contribution in [0.5, 0.6) is 5.75 Å². The molecule has 118 valence electrons. The zero-order chi connectivity index (χ0) is 15.0. The van der Waals surface area contributed by atoms with Gasteiger partial charge in [-0.15, -0.1) is 0 Å². The minimum absolute atomic E-state index is 0.0468. The van der Waals surface area contributed by atoms with Crippen molar-refractivity contribution in [3.63, 3.8) is 0 Å². The van der Waals surface area contributed by atoms with Crippen LogP contribution in [0, 0.1) is 5.41 Å². The van der Waals surface area contributed by atoms with Crippen LogP contribution in [-0.2, 0) is 4.74 Å². The fourth-order valence-corrected chi connectivity index (χ4v) is 2.92. The molecule has 0 atom stereocenters. The molecule has 0 aromatic heterocycles. The molecule has 21 heavy (non-hydrogen) atoms. The summed E-state index contributed by atoms with van der Waals surface area (Å²) < 4.78 is 10.6. The van der Waals surface area contributed by atoms with E-state index in [1.54, 1.807) is 7.11 Å². The summed E-state index contributed by atoms with van der Waals surface area (Å²) in [6.07, 6.45) is 5.97. The molecule has 1 aliphatic rings. The molecule has 1 aromatic rings. The monoisotopic (exact) mass is 293 g/mol. The Kier molecular flexibility index (Phi) is 6.33. The quantitative estimate of drug-likeness (QED) is 0.723. The molecule has 1 saturated carbocycles. The highest BCUT2D eigenvalue weighted by Gasteiger charge is 2.31. The van der Waals surface area contributed by atoms with E-state index in [0.717, 1.165) is 30.8 Å². The second-order valence-electron chi connectivity index (χ2n) is 5.94. The molecule has 0 spiro atoms. The lowest BCUT2D eigenvalue weighted by molar-refractivity contribution is 0.0944. The van der Waals surface area contributed by atoms with Gasteiger partial charge in [0, 0.05) is 30.8 Å². The summed E-state index contributed by atoms with van der Waals surface area (Å²) in [5, 5.41) is 13.2. The second kappa shape index (κ2) is 8.25. The Hall–Kier alpha value is -1.26. The van der Waals surface area contributed by atoms with E-state index in [-0.39, 0.29) is 12.0 Å². The van der Waals surface area contributed by atoms with Crippen LogP contribution in [0.1, 0.15) is 32.1 Å². The summed E-state index contributed by atoms with van der Waals surface area (Å²) in [5.74, 6) is 0.846. The first-order valence-electron chi connectivity index (χ1n) is 7.85. The Balaban J connectivity index is 1.88. The van der Waals surface area contributed by atoms with Gasteiger partial charge in [0.1, 0.15) is 12.4 Å². The van der Waals surface area contributed by atoms with Crippen molar-refractivity contribution in [3.05, 3.63) is 24.3 Å². The lowest BCUT2D eigenvalue weighted by atomic mass is 9.74. The summed E-state index contributed by atoms with van der Waals surface area (Å²) in [6.45, 7) is 2.24. The Morgan fingerprint density at radius 1 is 1.19 bits per heavy atom. The van der Waals surface area contributed by atoms with E-state index >= 15 is 0 Å². The van der Waals surface area contributed by atoms with Gasteiger partial charge in [-0.05, 0) is 25.0 Å². The standard InChI is InChI=1S/C17H27NO3/c1-20-10-11-21-16-7-5-6-15(12-16)18-13-17(14-19)8-3-2-4-9-17/h5-7,12,18-19H,2-4,8-11,13-14H2,1H3. The lowest BCUT2D eigenvalue weighted by Gasteiger charge is -2.36. The highest BCUT2D eigenvalue weighted by molar-refractivity contribution is 5.48. The maximum Gasteiger partial charge on any atom is 0.121 e. The topological polar surface area (TPSA) is 50.7 Å². The maximum atomic E-state index is 9.74. The molecular formula is C17H27NO3. The number of benzene rings is 1. The third-order valence-electron chi connectivity index (χ3n) is 4.31. The van der Waals surface area contributed by atoms with Crippen LogP contribution < -0.4 is 10.1 Å². The molecule has 0 unspecified atom stereocenters. The lowest BCUT2D eigenvalue weighted by Crippen LogP contribution is -2.35. The van der Waals surface area contributed by atoms with Crippen molar-refractivity contribution < 1.29 is 14.6 Å². The Morgan fingerprint density at radius 3 is 2.71 bits per heavy atom. The van der Waals surface area contributed by atoms with E-state index in [9.17, 15) is 5.11 Å². The van der Waals surface area contributed by atoms with Crippen molar-refractivity contribution in [1.29, 1.82) is 0 Å². The van der Waals surface area contributed by atoms with Crippen molar-refractivity contribution in [1.82, 2.24) is 0 Å². The molecule has 2 N–H and O–H groups in total. The fraction of sp³-hybridized carbons (Fsp3) is 0.647. The Bertz CT molecular complexity index is 416. The zero-order valence-electron chi connectivity index (χ0n) is 12.9. The molecule has 1 fully saturated rings. The average Bonchev–Trinajstić information content (AvgIpc) is 2.55. The van der Waals surface area contributed by atoms with E-state index < -0.39 is 0 Å². The molecule has 0 bridgehead atoms. The Labute approximate surface area is 127 Å². The van der Waals surface area contributed by atoms with Gasteiger partial charge in [0.05, 0.1) is 13.2 Å². The van der Waals surface area contributed by atoms with Gasteiger partial charge in [0.25, 0.3) is 0 Å². The van der Waals surface area contributed by atoms with Gasteiger partial charge < -0.3 is 19.9 Å². The largest absolute Gasteiger partial charge is 0.491 e. The van der Waals surface area contributed by atoms with Gasteiger partial charge in [0.2, 0.25) is 0 Å². The number of aliphatic hydroxyl groups is 1. The van der Waals surface area contributed by atoms with Gasteiger partial charge in [0.15, 0.2) is 0 Å². The summed E-state index contributed by atoms with van der Waals surface area (Å²) in [6, 6.07) is 7.97. The summed E-state index contributed by atoms with van der Waals surface area (Å²) in [4.78, 5) is 0. The van der Waals surface area contributed by atoms with Gasteiger partial charge in [-0.1, -0.05) is 25.3 Å². The van der Waals surface area contributed by atoms with Crippen LogP contribution in [0.2, 0.25) is 0 Å². The van der Waals surface area contributed by atoms with E-state index in [2.05, 4.69) is 5.32 Å². The highest BCUT2D eigenvalue weighted by atomic mass is 16.5. The van der Waals surface area contributed by atoms with E-state index in [0.29, 0.717) is 13.2 Å². The van der Waals surface area contributed by atoms with Gasteiger partial charge >= 0.3 is 0 Å². The predicted molar refractivity (Wildman–Crippen MR) is 84.9 cm³/mol. The Morgan fingerprint density at radius 2 is 2.00 bits per heavy atom. The van der Waals surface area contributed by atoms with E-state index in [4.69, 9.17) is 9.47 Å². The van der Waals surface area contributed by atoms with E-state index in [1.165, 1.54) is 19.3 Å². The van der Waals surface area contributed by atoms with Crippen LogP contribution in [0.4, 0.5) is 5.69 Å². The number of hydrogen-bond donors (Lipinski definition) is 2. The van der Waals surface area contributed by atoms with Gasteiger partial charge in [-0.2, -0.15) is 0 Å². The maximum absolute atomic E-state index is 9.74. The van der Waals surface area contributed by atoms with Gasteiger partial charge in [-0.25, -0.2) is 0 Å². The molecule has 0 heterocycles. The molecule has 0 aliphatic heterocycles. The molecule has 4 heteroatoms. The van der Waals surface area contributed by atoms with Crippen LogP contribution in [0.25, 0.3) is 0 Å². The smallest absolute Gasteiger partial charge is 0.121 e. The molecule has 0 amide bonds. The second-order valence-corrected chi connectivity index (χ2v) is 5.94. The fourth-order valence-electron chi connectivity index (χ4n) is 2.92. The number of hydrogen-bond acceptors (Lipinski definition) is 4. The highest BCUT2D eigenvalue weighted by Crippen LogP contribution is 2.36. The SMILES string of the molecule is COCCOc1cccc(NCC2(CO)CCCCC2)c1. The molecule has 1 aliphatic carbocycles. The number of ether oxygens (including phenoxy) is 2. The van der Waals surface area contributed by atoms with Crippen molar-refractivity contribution in [3.8, 4) is 5.75 Å². The normalized spacial score (nSPS) is 17.4. The molecule has 0 saturated heterocycles. The van der Waals surface area contributed by atoms with E-state index in [1.807, 2.05) is 24.3 Å². The molecular weight excluding hydrogens is 266 g/mol. The summed E-state index contributed by atoms with van der Waals surface area (Å²) in [7, 11) is 1.67. The van der Waals surface area contributed by atoms with Crippen LogP contribution >= 0.6 is 0 Å². The molecule has 4 nitrogen and oxygen atoms in total. The molecule has 1 aromatic carbocycles. The van der Waals surface area contributed by atoms with Crippen molar-refractivity contribution in [2.45, 2.75) is 32.1 Å². The first-order chi connectivity index (χ1) is 10.3. The van der Waals surface area contributed by atoms with Crippen molar-refractivity contribution in [2.24, 2.45) is 5.41 Å². The number of rotatable bonds is 8. The van der Waals surface area contributed by atoms with Crippen LogP contribution in [-0.4, -0.2) is 38.6 Å². The molecule has 2 rings (SSSR count). The summed E-state index contributed by atoms with van der Waals surface area (Å²) in [5.41, 5.74) is 1.09. The van der Waals surface area contributed by atoms with Crippen LogP contribution in [0.3, 0.4) is 0 Å². The van der Waals surface area contributed by atoms with Crippen LogP contribution in [0.15, 0.2) is 24.3 Å². The summed E-state index contributed by atoms with van der Waals surface area (Å²) >= 11 is 0. The minimum atomic E-state index is 0.0468. The minimum Gasteiger partial charge on any atom is -0.491 e. The predicted octanol–water partition coefficient (Wildman–Crippen LogP) is 3.07. The molecule has 0 radical (unpaired) electrons. The number of aliphatic hydroxyl groups excluding tert-OH is 1. The zero-order valence-corrected chi connectivity index (χ0v) is 12.9. The first kappa shape index (κ1) is 16.1. The number of anilines is 1.